The third-order valence-corrected chi connectivity index (χ3v) is 6.86. The Morgan fingerprint density at radius 2 is 1.86 bits per heavy atom. The summed E-state index contributed by atoms with van der Waals surface area (Å²) in [4.78, 5) is 12.6. The van der Waals surface area contributed by atoms with Crippen molar-refractivity contribution in [2.75, 3.05) is 25.5 Å². The van der Waals surface area contributed by atoms with Gasteiger partial charge in [0.2, 0.25) is 15.9 Å². The van der Waals surface area contributed by atoms with Crippen molar-refractivity contribution in [3.63, 3.8) is 0 Å². The smallest absolute Gasteiger partial charge is 0.227 e. The van der Waals surface area contributed by atoms with Crippen molar-refractivity contribution in [3.8, 4) is 5.75 Å². The summed E-state index contributed by atoms with van der Waals surface area (Å²) < 4.78 is 32.2. The van der Waals surface area contributed by atoms with Gasteiger partial charge in [0.1, 0.15) is 5.75 Å². The molecular formula is C21H26N2O4S. The Kier molecular flexibility index (Phi) is 6.36. The highest BCUT2D eigenvalue weighted by molar-refractivity contribution is 7.88. The second-order valence-electron chi connectivity index (χ2n) is 7.11. The number of para-hydroxylation sites is 2. The van der Waals surface area contributed by atoms with E-state index < -0.39 is 10.0 Å². The molecule has 0 aliphatic carbocycles. The summed E-state index contributed by atoms with van der Waals surface area (Å²) in [6.45, 7) is 2.66. The molecule has 1 saturated heterocycles. The third-order valence-electron chi connectivity index (χ3n) is 5.01. The van der Waals surface area contributed by atoms with Crippen molar-refractivity contribution in [1.82, 2.24) is 4.31 Å². The number of rotatable bonds is 6. The average Bonchev–Trinajstić information content (AvgIpc) is 2.68. The van der Waals surface area contributed by atoms with Crippen LogP contribution in [0.4, 0.5) is 5.69 Å². The van der Waals surface area contributed by atoms with E-state index in [0.717, 1.165) is 11.1 Å². The molecule has 1 N–H and O–H groups in total. The molecule has 3 rings (SSSR count). The third kappa shape index (κ3) is 4.91. The van der Waals surface area contributed by atoms with Gasteiger partial charge in [-0.1, -0.05) is 42.0 Å². The van der Waals surface area contributed by atoms with E-state index in [-0.39, 0.29) is 17.6 Å². The van der Waals surface area contributed by atoms with E-state index in [0.29, 0.717) is 37.4 Å². The number of ether oxygens (including phenoxy) is 1. The quantitative estimate of drug-likeness (QED) is 0.805. The van der Waals surface area contributed by atoms with Crippen molar-refractivity contribution in [1.29, 1.82) is 0 Å². The fraction of sp³-hybridized carbons (Fsp3) is 0.381. The zero-order valence-corrected chi connectivity index (χ0v) is 17.0. The van der Waals surface area contributed by atoms with Gasteiger partial charge in [0.25, 0.3) is 0 Å². The summed E-state index contributed by atoms with van der Waals surface area (Å²) in [5.41, 5.74) is 2.46. The lowest BCUT2D eigenvalue weighted by Gasteiger charge is -2.30. The Morgan fingerprint density at radius 3 is 2.54 bits per heavy atom. The predicted molar refractivity (Wildman–Crippen MR) is 110 cm³/mol. The van der Waals surface area contributed by atoms with Gasteiger partial charge in [0.15, 0.2) is 0 Å². The molecule has 6 nitrogen and oxygen atoms in total. The molecule has 2 aromatic rings. The first-order chi connectivity index (χ1) is 13.4. The number of hydrogen-bond donors (Lipinski definition) is 1. The summed E-state index contributed by atoms with van der Waals surface area (Å²) >= 11 is 0. The van der Waals surface area contributed by atoms with Crippen LogP contribution in [0, 0.1) is 12.8 Å². The molecule has 1 fully saturated rings. The molecule has 1 aliphatic rings. The molecule has 0 atom stereocenters. The lowest BCUT2D eigenvalue weighted by molar-refractivity contribution is -0.120. The molecule has 0 spiro atoms. The second kappa shape index (κ2) is 8.75. The number of aryl methyl sites for hydroxylation is 1. The van der Waals surface area contributed by atoms with Crippen molar-refractivity contribution in [2.24, 2.45) is 5.92 Å². The van der Waals surface area contributed by atoms with Gasteiger partial charge in [-0.2, -0.15) is 0 Å². The Balaban J connectivity index is 1.58. The van der Waals surface area contributed by atoms with E-state index in [2.05, 4.69) is 5.32 Å². The lowest BCUT2D eigenvalue weighted by atomic mass is 9.97. The van der Waals surface area contributed by atoms with Crippen molar-refractivity contribution in [2.45, 2.75) is 25.5 Å². The summed E-state index contributed by atoms with van der Waals surface area (Å²) in [6.07, 6.45) is 1.02. The van der Waals surface area contributed by atoms with E-state index >= 15 is 0 Å². The van der Waals surface area contributed by atoms with E-state index in [9.17, 15) is 13.2 Å². The monoisotopic (exact) mass is 402 g/mol. The van der Waals surface area contributed by atoms with Crippen LogP contribution in [0.3, 0.4) is 0 Å². The minimum atomic E-state index is -3.39. The normalized spacial score (nSPS) is 15.9. The number of amides is 1. The molecule has 0 radical (unpaired) electrons. The molecule has 28 heavy (non-hydrogen) atoms. The van der Waals surface area contributed by atoms with Crippen LogP contribution in [-0.4, -0.2) is 38.8 Å². The predicted octanol–water partition coefficient (Wildman–Crippen LogP) is 3.18. The molecule has 150 valence electrons. The van der Waals surface area contributed by atoms with Crippen LogP contribution in [0.1, 0.15) is 24.0 Å². The summed E-state index contributed by atoms with van der Waals surface area (Å²) in [6, 6.07) is 14.8. The second-order valence-corrected chi connectivity index (χ2v) is 9.08. The van der Waals surface area contributed by atoms with Gasteiger partial charge in [0, 0.05) is 19.0 Å². The maximum absolute atomic E-state index is 12.7. The number of sulfonamides is 1. The fourth-order valence-electron chi connectivity index (χ4n) is 3.48. The van der Waals surface area contributed by atoms with Gasteiger partial charge in [-0.25, -0.2) is 12.7 Å². The van der Waals surface area contributed by atoms with Crippen LogP contribution in [0.15, 0.2) is 48.5 Å². The number of hydrogen-bond acceptors (Lipinski definition) is 4. The van der Waals surface area contributed by atoms with Crippen LogP contribution in [0.25, 0.3) is 0 Å². The van der Waals surface area contributed by atoms with Crippen LogP contribution in [0.2, 0.25) is 0 Å². The van der Waals surface area contributed by atoms with Crippen LogP contribution in [0.5, 0.6) is 5.75 Å². The average molecular weight is 403 g/mol. The Bertz CT molecular complexity index is 935. The van der Waals surface area contributed by atoms with E-state index in [4.69, 9.17) is 4.74 Å². The van der Waals surface area contributed by atoms with Crippen molar-refractivity contribution in [3.05, 3.63) is 59.7 Å². The minimum absolute atomic E-state index is 0.00719. The highest BCUT2D eigenvalue weighted by Gasteiger charge is 2.31. The molecule has 0 saturated carbocycles. The zero-order valence-electron chi connectivity index (χ0n) is 16.2. The molecule has 1 amide bonds. The SMILES string of the molecule is COc1ccccc1NC(=O)C1CCN(S(=O)(=O)Cc2cccc(C)c2)CC1. The van der Waals surface area contributed by atoms with Crippen LogP contribution in [-0.2, 0) is 20.6 Å². The van der Waals surface area contributed by atoms with Gasteiger partial charge < -0.3 is 10.1 Å². The van der Waals surface area contributed by atoms with Gasteiger partial charge in [-0.3, -0.25) is 4.79 Å². The van der Waals surface area contributed by atoms with E-state index in [1.807, 2.05) is 43.3 Å². The highest BCUT2D eigenvalue weighted by atomic mass is 32.2. The first-order valence-electron chi connectivity index (χ1n) is 9.36. The summed E-state index contributed by atoms with van der Waals surface area (Å²) in [5, 5.41) is 2.90. The minimum Gasteiger partial charge on any atom is -0.495 e. The van der Waals surface area contributed by atoms with E-state index in [1.54, 1.807) is 19.2 Å². The Labute approximate surface area is 166 Å². The van der Waals surface area contributed by atoms with Gasteiger partial charge >= 0.3 is 0 Å². The maximum atomic E-state index is 12.7. The first-order valence-corrected chi connectivity index (χ1v) is 11.0. The largest absolute Gasteiger partial charge is 0.495 e. The highest BCUT2D eigenvalue weighted by Crippen LogP contribution is 2.27. The van der Waals surface area contributed by atoms with Gasteiger partial charge in [-0.15, -0.1) is 0 Å². The summed E-state index contributed by atoms with van der Waals surface area (Å²) in [5.74, 6) is 0.289. The molecule has 0 aromatic heterocycles. The molecule has 1 heterocycles. The number of nitrogens with one attached hydrogen (secondary N) is 1. The number of carbonyl (C=O) groups is 1. The van der Waals surface area contributed by atoms with Crippen LogP contribution >= 0.6 is 0 Å². The Hall–Kier alpha value is -2.38. The van der Waals surface area contributed by atoms with Gasteiger partial charge in [0.05, 0.1) is 18.6 Å². The lowest BCUT2D eigenvalue weighted by Crippen LogP contribution is -2.41. The zero-order chi connectivity index (χ0) is 20.1. The van der Waals surface area contributed by atoms with Crippen molar-refractivity contribution >= 4 is 21.6 Å². The number of carbonyl (C=O) groups excluding carboxylic acids is 1. The number of piperidine rings is 1. The topological polar surface area (TPSA) is 75.7 Å². The number of methoxy groups -OCH3 is 1. The van der Waals surface area contributed by atoms with Crippen molar-refractivity contribution < 1.29 is 17.9 Å². The summed E-state index contributed by atoms with van der Waals surface area (Å²) in [7, 11) is -1.83. The van der Waals surface area contributed by atoms with Crippen LogP contribution < -0.4 is 10.1 Å². The van der Waals surface area contributed by atoms with Gasteiger partial charge in [-0.05, 0) is 37.5 Å². The number of nitrogens with zero attached hydrogens (tertiary/aromatic N) is 1. The number of anilines is 1. The molecule has 1 aliphatic heterocycles. The maximum Gasteiger partial charge on any atom is 0.227 e. The number of benzene rings is 2. The molecule has 7 heteroatoms. The molecule has 0 unspecified atom stereocenters. The Morgan fingerprint density at radius 1 is 1.14 bits per heavy atom. The fourth-order valence-corrected chi connectivity index (χ4v) is 5.03. The first kappa shape index (κ1) is 20.4. The molecule has 2 aromatic carbocycles. The molecule has 0 bridgehead atoms. The standard InChI is InChI=1S/C21H26N2O4S/c1-16-6-5-7-17(14-16)15-28(25,26)23-12-10-18(11-13-23)21(24)22-19-8-3-4-9-20(19)27-2/h3-9,14,18H,10-13,15H2,1-2H3,(H,22,24). The van der Waals surface area contributed by atoms with E-state index in [1.165, 1.54) is 4.31 Å². The molecular weight excluding hydrogens is 376 g/mol.